The summed E-state index contributed by atoms with van der Waals surface area (Å²) >= 11 is 1.68. The number of carbonyl (C=O) groups is 1. The van der Waals surface area contributed by atoms with Crippen LogP contribution < -0.4 is 0 Å². The molecule has 0 atom stereocenters. The van der Waals surface area contributed by atoms with Gasteiger partial charge in [0.05, 0.1) is 11.4 Å². The van der Waals surface area contributed by atoms with Gasteiger partial charge in [-0.3, -0.25) is 4.79 Å². The Morgan fingerprint density at radius 2 is 2.18 bits per heavy atom. The lowest BCUT2D eigenvalue weighted by Crippen LogP contribution is -1.96. The summed E-state index contributed by atoms with van der Waals surface area (Å²) in [5, 5.41) is 2.04. The lowest BCUT2D eigenvalue weighted by molar-refractivity contribution is 0.103. The fraction of sp³-hybridized carbons (Fsp3) is 0. The van der Waals surface area contributed by atoms with Crippen molar-refractivity contribution in [2.45, 2.75) is 0 Å². The Morgan fingerprint density at radius 3 is 3.00 bits per heavy atom. The molecule has 0 aromatic carbocycles. The minimum Gasteiger partial charge on any atom is -0.356 e. The van der Waals surface area contributed by atoms with E-state index in [0.29, 0.717) is 5.69 Å². The van der Waals surface area contributed by atoms with Gasteiger partial charge in [0.1, 0.15) is 5.69 Å². The molecule has 0 bridgehead atoms. The number of hydrogen-bond donors (Lipinski definition) is 1. The van der Waals surface area contributed by atoms with Crippen molar-refractivity contribution in [1.29, 1.82) is 0 Å². The van der Waals surface area contributed by atoms with E-state index in [2.05, 4.69) is 11.1 Å². The van der Waals surface area contributed by atoms with Gasteiger partial charge >= 0.3 is 0 Å². The average molecular weight is 240 g/mol. The first-order valence-corrected chi connectivity index (χ1v) is 6.22. The standard InChI is InChI=1S/C13H8N2OS/c16-13-9-3-1-5-15(9)12-8(7-14-11(12)13)10-4-2-6-17-10/h1-7,14H. The van der Waals surface area contributed by atoms with Crippen LogP contribution in [0.3, 0.4) is 0 Å². The number of ketones is 1. The van der Waals surface area contributed by atoms with E-state index < -0.39 is 0 Å². The third-order valence-corrected chi connectivity index (χ3v) is 3.99. The SMILES string of the molecule is O=C1c2[nH]cc(-c3cccs3)c2-n2cccc21. The highest BCUT2D eigenvalue weighted by molar-refractivity contribution is 7.13. The van der Waals surface area contributed by atoms with Gasteiger partial charge in [0, 0.05) is 22.8 Å². The largest absolute Gasteiger partial charge is 0.356 e. The Balaban J connectivity index is 2.06. The van der Waals surface area contributed by atoms with E-state index in [1.165, 1.54) is 4.88 Å². The molecule has 0 radical (unpaired) electrons. The van der Waals surface area contributed by atoms with Crippen molar-refractivity contribution in [3.05, 3.63) is 53.4 Å². The third kappa shape index (κ3) is 1.03. The van der Waals surface area contributed by atoms with Crippen molar-refractivity contribution in [2.75, 3.05) is 0 Å². The Kier molecular flexibility index (Phi) is 1.58. The molecular formula is C13H8N2OS. The van der Waals surface area contributed by atoms with Crippen LogP contribution >= 0.6 is 11.3 Å². The summed E-state index contributed by atoms with van der Waals surface area (Å²) in [5.41, 5.74) is 3.52. The van der Waals surface area contributed by atoms with E-state index in [1.807, 2.05) is 40.5 Å². The summed E-state index contributed by atoms with van der Waals surface area (Å²) in [4.78, 5) is 16.4. The lowest BCUT2D eigenvalue weighted by atomic mass is 10.2. The number of fused-ring (bicyclic) bond motifs is 3. The number of thiophene rings is 1. The summed E-state index contributed by atoms with van der Waals surface area (Å²) in [6.07, 6.45) is 3.85. The molecule has 4 rings (SSSR count). The summed E-state index contributed by atoms with van der Waals surface area (Å²) in [5.74, 6) is 0.0767. The van der Waals surface area contributed by atoms with Gasteiger partial charge in [-0.15, -0.1) is 11.3 Å². The number of carbonyl (C=O) groups excluding carboxylic acids is 1. The first-order valence-electron chi connectivity index (χ1n) is 5.34. The Labute approximate surface area is 101 Å². The summed E-state index contributed by atoms with van der Waals surface area (Å²) < 4.78 is 1.96. The summed E-state index contributed by atoms with van der Waals surface area (Å²) in [6, 6.07) is 7.85. The maximum atomic E-state index is 12.1. The van der Waals surface area contributed by atoms with Crippen LogP contribution in [-0.2, 0) is 0 Å². The second-order valence-electron chi connectivity index (χ2n) is 4.00. The van der Waals surface area contributed by atoms with Crippen molar-refractivity contribution in [1.82, 2.24) is 9.55 Å². The quantitative estimate of drug-likeness (QED) is 0.545. The number of nitrogens with zero attached hydrogens (tertiary/aromatic N) is 1. The Hall–Kier alpha value is -2.07. The molecule has 82 valence electrons. The zero-order valence-corrected chi connectivity index (χ0v) is 9.62. The Morgan fingerprint density at radius 1 is 1.24 bits per heavy atom. The van der Waals surface area contributed by atoms with Gasteiger partial charge in [-0.2, -0.15) is 0 Å². The smallest absolute Gasteiger partial charge is 0.228 e. The van der Waals surface area contributed by atoms with Crippen molar-refractivity contribution in [3.8, 4) is 16.1 Å². The van der Waals surface area contributed by atoms with Gasteiger partial charge in [-0.1, -0.05) is 6.07 Å². The van der Waals surface area contributed by atoms with E-state index >= 15 is 0 Å². The van der Waals surface area contributed by atoms with E-state index in [1.54, 1.807) is 11.3 Å². The number of H-pyrrole nitrogens is 1. The molecule has 0 saturated heterocycles. The van der Waals surface area contributed by atoms with Crippen molar-refractivity contribution in [2.24, 2.45) is 0 Å². The van der Waals surface area contributed by atoms with Gasteiger partial charge < -0.3 is 9.55 Å². The molecule has 0 saturated carbocycles. The highest BCUT2D eigenvalue weighted by Gasteiger charge is 2.30. The molecule has 3 nitrogen and oxygen atoms in total. The van der Waals surface area contributed by atoms with Crippen LogP contribution in [0.25, 0.3) is 16.1 Å². The number of rotatable bonds is 1. The maximum absolute atomic E-state index is 12.1. The second kappa shape index (κ2) is 2.99. The van der Waals surface area contributed by atoms with Gasteiger partial charge in [-0.05, 0) is 23.6 Å². The molecule has 0 aliphatic carbocycles. The van der Waals surface area contributed by atoms with Crippen LogP contribution in [0.4, 0.5) is 0 Å². The van der Waals surface area contributed by atoms with E-state index in [4.69, 9.17) is 0 Å². The highest BCUT2D eigenvalue weighted by atomic mass is 32.1. The first kappa shape index (κ1) is 9.01. The highest BCUT2D eigenvalue weighted by Crippen LogP contribution is 2.37. The van der Waals surface area contributed by atoms with Crippen molar-refractivity contribution >= 4 is 17.1 Å². The van der Waals surface area contributed by atoms with Crippen molar-refractivity contribution in [3.63, 3.8) is 0 Å². The molecule has 4 heterocycles. The monoisotopic (exact) mass is 240 g/mol. The topological polar surface area (TPSA) is 37.8 Å². The fourth-order valence-corrected chi connectivity index (χ4v) is 3.09. The van der Waals surface area contributed by atoms with E-state index in [0.717, 1.165) is 16.9 Å². The molecule has 3 aromatic heterocycles. The molecule has 0 amide bonds. The molecular weight excluding hydrogens is 232 g/mol. The van der Waals surface area contributed by atoms with Gasteiger partial charge in [0.15, 0.2) is 0 Å². The predicted octanol–water partition coefficient (Wildman–Crippen LogP) is 3.08. The molecule has 1 aliphatic heterocycles. The number of aromatic amines is 1. The number of hydrogen-bond acceptors (Lipinski definition) is 2. The van der Waals surface area contributed by atoms with Crippen LogP contribution in [0.15, 0.2) is 42.0 Å². The van der Waals surface area contributed by atoms with Gasteiger partial charge in [0.2, 0.25) is 5.78 Å². The van der Waals surface area contributed by atoms with Crippen LogP contribution in [0.5, 0.6) is 0 Å². The van der Waals surface area contributed by atoms with Crippen LogP contribution in [-0.4, -0.2) is 15.3 Å². The number of nitrogens with one attached hydrogen (secondary N) is 1. The molecule has 17 heavy (non-hydrogen) atoms. The molecule has 1 aliphatic rings. The Bertz CT molecular complexity index is 719. The second-order valence-corrected chi connectivity index (χ2v) is 4.94. The van der Waals surface area contributed by atoms with Crippen molar-refractivity contribution < 1.29 is 4.79 Å². The maximum Gasteiger partial charge on any atom is 0.228 e. The van der Waals surface area contributed by atoms with E-state index in [9.17, 15) is 4.79 Å². The zero-order valence-electron chi connectivity index (χ0n) is 8.81. The molecule has 3 aromatic rings. The summed E-state index contributed by atoms with van der Waals surface area (Å²) in [6.45, 7) is 0. The van der Waals surface area contributed by atoms with Crippen LogP contribution in [0.2, 0.25) is 0 Å². The fourth-order valence-electron chi connectivity index (χ4n) is 2.35. The summed E-state index contributed by atoms with van der Waals surface area (Å²) in [7, 11) is 0. The molecule has 1 N–H and O–H groups in total. The normalized spacial score (nSPS) is 12.8. The predicted molar refractivity (Wildman–Crippen MR) is 66.9 cm³/mol. The number of aromatic nitrogens is 2. The molecule has 0 spiro atoms. The minimum absolute atomic E-state index is 0.0767. The van der Waals surface area contributed by atoms with Gasteiger partial charge in [-0.25, -0.2) is 0 Å². The average Bonchev–Trinajstić information content (AvgIpc) is 3.06. The molecule has 4 heteroatoms. The zero-order chi connectivity index (χ0) is 11.4. The third-order valence-electron chi connectivity index (χ3n) is 3.09. The molecule has 0 unspecified atom stereocenters. The van der Waals surface area contributed by atoms with Crippen LogP contribution in [0, 0.1) is 0 Å². The van der Waals surface area contributed by atoms with E-state index in [-0.39, 0.29) is 5.78 Å². The minimum atomic E-state index is 0.0767. The van der Waals surface area contributed by atoms with Crippen LogP contribution in [0.1, 0.15) is 16.2 Å². The lowest BCUT2D eigenvalue weighted by Gasteiger charge is -2.01. The van der Waals surface area contributed by atoms with Gasteiger partial charge in [0.25, 0.3) is 0 Å². The first-order chi connectivity index (χ1) is 8.36. The molecule has 0 fully saturated rings.